The quantitative estimate of drug-likeness (QED) is 0.922. The fourth-order valence-corrected chi connectivity index (χ4v) is 3.70. The van der Waals surface area contributed by atoms with Gasteiger partial charge in [-0.2, -0.15) is 0 Å². The van der Waals surface area contributed by atoms with Crippen LogP contribution in [0.5, 0.6) is 11.5 Å². The predicted molar refractivity (Wildman–Crippen MR) is 84.1 cm³/mol. The Labute approximate surface area is 127 Å². The van der Waals surface area contributed by atoms with E-state index in [4.69, 9.17) is 9.47 Å². The minimum Gasteiger partial charge on any atom is -0.493 e. The summed E-state index contributed by atoms with van der Waals surface area (Å²) < 4.78 is 10.8. The van der Waals surface area contributed by atoms with Crippen LogP contribution in [0.4, 0.5) is 0 Å². The number of hydrogen-bond acceptors (Lipinski definition) is 4. The highest BCUT2D eigenvalue weighted by Crippen LogP contribution is 2.32. The summed E-state index contributed by atoms with van der Waals surface area (Å²) in [5, 5.41) is 3.67. The fourth-order valence-electron chi connectivity index (χ4n) is 3.70. The van der Waals surface area contributed by atoms with Crippen LogP contribution >= 0.6 is 0 Å². The molecule has 4 nitrogen and oxygen atoms in total. The van der Waals surface area contributed by atoms with E-state index in [0.29, 0.717) is 6.04 Å². The Bertz CT molecular complexity index is 490. The molecule has 0 aromatic heterocycles. The third kappa shape index (κ3) is 3.01. The van der Waals surface area contributed by atoms with E-state index >= 15 is 0 Å². The summed E-state index contributed by atoms with van der Waals surface area (Å²) in [5.41, 5.74) is 2.61. The highest BCUT2D eigenvalue weighted by atomic mass is 16.5. The second kappa shape index (κ2) is 6.24. The number of aryl methyl sites for hydroxylation is 1. The predicted octanol–water partition coefficient (Wildman–Crippen LogP) is 2.20. The first kappa shape index (κ1) is 14.7. The average Bonchev–Trinajstić information content (AvgIpc) is 2.91. The highest BCUT2D eigenvalue weighted by molar-refractivity contribution is 5.47. The summed E-state index contributed by atoms with van der Waals surface area (Å²) in [6.07, 6.45) is 2.70. The van der Waals surface area contributed by atoms with Crippen molar-refractivity contribution in [2.75, 3.05) is 33.9 Å². The number of fused-ring (bicyclic) bond motifs is 1. The van der Waals surface area contributed by atoms with Crippen LogP contribution in [0.2, 0.25) is 0 Å². The molecule has 0 amide bonds. The van der Waals surface area contributed by atoms with Crippen LogP contribution in [-0.2, 0) is 6.54 Å². The van der Waals surface area contributed by atoms with Crippen molar-refractivity contribution in [1.82, 2.24) is 10.2 Å². The number of ether oxygens (including phenoxy) is 2. The molecule has 2 aliphatic heterocycles. The normalized spacial score (nSPS) is 25.7. The lowest BCUT2D eigenvalue weighted by atomic mass is 9.94. The maximum atomic E-state index is 5.44. The van der Waals surface area contributed by atoms with Gasteiger partial charge in [0.15, 0.2) is 11.5 Å². The summed E-state index contributed by atoms with van der Waals surface area (Å²) in [4.78, 5) is 2.57. The zero-order valence-electron chi connectivity index (χ0n) is 13.3. The van der Waals surface area contributed by atoms with Crippen molar-refractivity contribution in [2.45, 2.75) is 32.4 Å². The van der Waals surface area contributed by atoms with Crippen molar-refractivity contribution in [3.63, 3.8) is 0 Å². The molecule has 0 spiro atoms. The topological polar surface area (TPSA) is 33.7 Å². The zero-order valence-corrected chi connectivity index (χ0v) is 13.3. The van der Waals surface area contributed by atoms with Gasteiger partial charge in [0, 0.05) is 25.7 Å². The van der Waals surface area contributed by atoms with Gasteiger partial charge in [0.05, 0.1) is 14.2 Å². The van der Waals surface area contributed by atoms with Crippen molar-refractivity contribution < 1.29 is 9.47 Å². The molecule has 1 aromatic carbocycles. The van der Waals surface area contributed by atoms with E-state index in [1.807, 2.05) is 0 Å². The van der Waals surface area contributed by atoms with Gasteiger partial charge in [-0.25, -0.2) is 0 Å². The molecule has 3 rings (SSSR count). The Balaban J connectivity index is 1.73. The van der Waals surface area contributed by atoms with Gasteiger partial charge < -0.3 is 14.8 Å². The molecule has 0 aliphatic carbocycles. The van der Waals surface area contributed by atoms with Crippen LogP contribution < -0.4 is 14.8 Å². The smallest absolute Gasteiger partial charge is 0.161 e. The molecule has 0 unspecified atom stereocenters. The van der Waals surface area contributed by atoms with E-state index in [-0.39, 0.29) is 0 Å². The molecule has 0 bridgehead atoms. The minimum absolute atomic E-state index is 0.694. The van der Waals surface area contributed by atoms with E-state index in [0.717, 1.165) is 24.0 Å². The first-order valence-electron chi connectivity index (χ1n) is 7.88. The first-order chi connectivity index (χ1) is 10.2. The van der Waals surface area contributed by atoms with Crippen LogP contribution in [0.15, 0.2) is 12.1 Å². The first-order valence-corrected chi connectivity index (χ1v) is 7.88. The third-order valence-electron chi connectivity index (χ3n) is 4.91. The lowest BCUT2D eigenvalue weighted by molar-refractivity contribution is 0.310. The lowest BCUT2D eigenvalue weighted by Crippen LogP contribution is -2.40. The van der Waals surface area contributed by atoms with E-state index in [2.05, 4.69) is 29.3 Å². The summed E-state index contributed by atoms with van der Waals surface area (Å²) in [5.74, 6) is 2.47. The molecule has 0 radical (unpaired) electrons. The van der Waals surface area contributed by atoms with Gasteiger partial charge in [-0.05, 0) is 55.5 Å². The summed E-state index contributed by atoms with van der Waals surface area (Å²) in [6, 6.07) is 4.90. The van der Waals surface area contributed by atoms with Crippen molar-refractivity contribution >= 4 is 0 Å². The molecule has 2 heterocycles. The second-order valence-corrected chi connectivity index (χ2v) is 6.29. The Morgan fingerprint density at radius 2 is 1.95 bits per heavy atom. The van der Waals surface area contributed by atoms with E-state index in [1.165, 1.54) is 43.6 Å². The van der Waals surface area contributed by atoms with Gasteiger partial charge in [0.2, 0.25) is 0 Å². The molecule has 2 saturated heterocycles. The van der Waals surface area contributed by atoms with Crippen LogP contribution in [0.3, 0.4) is 0 Å². The van der Waals surface area contributed by atoms with Gasteiger partial charge in [0.1, 0.15) is 0 Å². The van der Waals surface area contributed by atoms with Crippen molar-refractivity contribution in [3.05, 3.63) is 23.3 Å². The van der Waals surface area contributed by atoms with Crippen molar-refractivity contribution in [3.8, 4) is 11.5 Å². The van der Waals surface area contributed by atoms with E-state index in [1.54, 1.807) is 14.2 Å². The highest BCUT2D eigenvalue weighted by Gasteiger charge is 2.34. The number of rotatable bonds is 4. The molecule has 4 heteroatoms. The molecule has 116 valence electrons. The third-order valence-corrected chi connectivity index (χ3v) is 4.91. The number of likely N-dealkylation sites (tertiary alicyclic amines) is 1. The molecular formula is C17H26N2O2. The number of nitrogens with one attached hydrogen (secondary N) is 1. The molecule has 0 saturated carbocycles. The van der Waals surface area contributed by atoms with Gasteiger partial charge in [-0.1, -0.05) is 0 Å². The SMILES string of the molecule is COc1cc(C)c(CN2C[C@@H]3CCCN[C@@H]3C2)cc1OC. The molecule has 2 aliphatic rings. The molecule has 21 heavy (non-hydrogen) atoms. The Morgan fingerprint density at radius 3 is 2.67 bits per heavy atom. The summed E-state index contributed by atoms with van der Waals surface area (Å²) in [7, 11) is 3.39. The number of benzene rings is 1. The largest absolute Gasteiger partial charge is 0.493 e. The fraction of sp³-hybridized carbons (Fsp3) is 0.647. The number of nitrogens with zero attached hydrogens (tertiary/aromatic N) is 1. The van der Waals surface area contributed by atoms with Crippen LogP contribution in [0.25, 0.3) is 0 Å². The van der Waals surface area contributed by atoms with Crippen LogP contribution in [-0.4, -0.2) is 44.8 Å². The van der Waals surface area contributed by atoms with Gasteiger partial charge in [-0.15, -0.1) is 0 Å². The molecule has 1 aromatic rings. The summed E-state index contributed by atoms with van der Waals surface area (Å²) in [6.45, 7) is 6.72. The van der Waals surface area contributed by atoms with Crippen molar-refractivity contribution in [1.29, 1.82) is 0 Å². The average molecular weight is 290 g/mol. The molecule has 2 atom stereocenters. The Kier molecular flexibility index (Phi) is 4.36. The van der Waals surface area contributed by atoms with Gasteiger partial charge in [-0.3, -0.25) is 4.90 Å². The summed E-state index contributed by atoms with van der Waals surface area (Å²) >= 11 is 0. The molecule has 2 fully saturated rings. The Hall–Kier alpha value is -1.26. The zero-order chi connectivity index (χ0) is 14.8. The monoisotopic (exact) mass is 290 g/mol. The number of hydrogen-bond donors (Lipinski definition) is 1. The minimum atomic E-state index is 0.694. The van der Waals surface area contributed by atoms with E-state index < -0.39 is 0 Å². The van der Waals surface area contributed by atoms with E-state index in [9.17, 15) is 0 Å². The second-order valence-electron chi connectivity index (χ2n) is 6.29. The van der Waals surface area contributed by atoms with Gasteiger partial charge in [0.25, 0.3) is 0 Å². The van der Waals surface area contributed by atoms with Crippen LogP contribution in [0, 0.1) is 12.8 Å². The number of piperidine rings is 1. The van der Waals surface area contributed by atoms with Crippen LogP contribution in [0.1, 0.15) is 24.0 Å². The standard InChI is InChI=1S/C17H26N2O2/c1-12-7-16(20-2)17(21-3)8-14(12)10-19-9-13-5-4-6-18-15(13)11-19/h7-8,13,15,18H,4-6,9-11H2,1-3H3/t13-,15+/m0/s1. The molecule has 1 N–H and O–H groups in total. The van der Waals surface area contributed by atoms with Gasteiger partial charge >= 0.3 is 0 Å². The maximum absolute atomic E-state index is 5.44. The Morgan fingerprint density at radius 1 is 1.19 bits per heavy atom. The maximum Gasteiger partial charge on any atom is 0.161 e. The lowest BCUT2D eigenvalue weighted by Gasteiger charge is -2.24. The molecular weight excluding hydrogens is 264 g/mol. The number of methoxy groups -OCH3 is 2. The van der Waals surface area contributed by atoms with Crippen molar-refractivity contribution in [2.24, 2.45) is 5.92 Å².